The Kier molecular flexibility index (Phi) is 6.30. The molecule has 3 rings (SSSR count). The lowest BCUT2D eigenvalue weighted by atomic mass is 10.1. The maximum atomic E-state index is 12.3. The molecule has 2 N–H and O–H groups in total. The molecule has 0 atom stereocenters. The predicted octanol–water partition coefficient (Wildman–Crippen LogP) is 3.02. The van der Waals surface area contributed by atoms with Gasteiger partial charge in [0.2, 0.25) is 0 Å². The third-order valence-corrected chi connectivity index (χ3v) is 3.90. The van der Waals surface area contributed by atoms with E-state index in [2.05, 4.69) is 31.0 Å². The van der Waals surface area contributed by atoms with Crippen LogP contribution in [0.2, 0.25) is 5.02 Å². The largest absolute Gasteiger partial charge is 0.494 e. The number of carbonyl (C=O) groups is 1. The number of nitrogens with zero attached hydrogens (tertiary/aromatic N) is 4. The predicted molar refractivity (Wildman–Crippen MR) is 103 cm³/mol. The number of methoxy groups -OCH3 is 1. The molecule has 1 amide bonds. The first-order valence-corrected chi connectivity index (χ1v) is 8.68. The number of hydrogen-bond donors (Lipinski definition) is 2. The smallest absolute Gasteiger partial charge is 0.297 e. The van der Waals surface area contributed by atoms with Crippen molar-refractivity contribution >= 4 is 28.9 Å². The standard InChI is InChI=1S/C18H17ClN6O3/c1-3-28-25-18(26)15-14(12(19)10-22-24-15)23-13-7-4-6-11(16(13)27-2)17-20-8-5-9-21-17/h4-10H,3H2,1-2H3,(H,22,23)(H,25,26). The molecule has 2 heterocycles. The zero-order valence-electron chi connectivity index (χ0n) is 15.1. The van der Waals surface area contributed by atoms with E-state index in [4.69, 9.17) is 21.2 Å². The molecule has 144 valence electrons. The van der Waals surface area contributed by atoms with Crippen LogP contribution in [-0.4, -0.2) is 39.8 Å². The van der Waals surface area contributed by atoms with Gasteiger partial charge in [0.1, 0.15) is 0 Å². The van der Waals surface area contributed by atoms with Gasteiger partial charge in [-0.05, 0) is 25.1 Å². The molecule has 0 saturated carbocycles. The van der Waals surface area contributed by atoms with Crippen LogP contribution < -0.4 is 15.5 Å². The number of aromatic nitrogens is 4. The minimum atomic E-state index is -0.583. The van der Waals surface area contributed by atoms with Gasteiger partial charge in [-0.25, -0.2) is 15.4 Å². The van der Waals surface area contributed by atoms with Gasteiger partial charge in [0.25, 0.3) is 5.91 Å². The minimum absolute atomic E-state index is 0.0237. The SMILES string of the molecule is CCONC(=O)c1nncc(Cl)c1Nc1cccc(-c2ncccn2)c1OC. The average Bonchev–Trinajstić information content (AvgIpc) is 2.73. The maximum Gasteiger partial charge on any atom is 0.297 e. The van der Waals surface area contributed by atoms with Gasteiger partial charge in [0.05, 0.1) is 41.9 Å². The number of ether oxygens (including phenoxy) is 1. The molecule has 2 aromatic heterocycles. The Hall–Kier alpha value is -3.30. The molecule has 0 aliphatic heterocycles. The topological polar surface area (TPSA) is 111 Å². The molecular weight excluding hydrogens is 384 g/mol. The fraction of sp³-hybridized carbons (Fsp3) is 0.167. The van der Waals surface area contributed by atoms with Crippen molar-refractivity contribution in [1.29, 1.82) is 0 Å². The lowest BCUT2D eigenvalue weighted by Crippen LogP contribution is -2.26. The van der Waals surface area contributed by atoms with Crippen molar-refractivity contribution in [2.75, 3.05) is 19.0 Å². The first kappa shape index (κ1) is 19.5. The summed E-state index contributed by atoms with van der Waals surface area (Å²) in [6.45, 7) is 2.04. The lowest BCUT2D eigenvalue weighted by molar-refractivity contribution is 0.0360. The van der Waals surface area contributed by atoms with Crippen LogP contribution >= 0.6 is 11.6 Å². The molecule has 10 heteroatoms. The summed E-state index contributed by atoms with van der Waals surface area (Å²) in [6, 6.07) is 7.13. The molecule has 0 radical (unpaired) electrons. The number of carbonyl (C=O) groups excluding carboxylic acids is 1. The van der Waals surface area contributed by atoms with Gasteiger partial charge in [0.15, 0.2) is 17.3 Å². The van der Waals surface area contributed by atoms with E-state index in [9.17, 15) is 4.79 Å². The van der Waals surface area contributed by atoms with Crippen molar-refractivity contribution in [2.24, 2.45) is 0 Å². The van der Waals surface area contributed by atoms with Gasteiger partial charge in [-0.1, -0.05) is 17.7 Å². The van der Waals surface area contributed by atoms with Crippen LogP contribution in [0.5, 0.6) is 5.75 Å². The van der Waals surface area contributed by atoms with Crippen molar-refractivity contribution in [3.05, 3.63) is 53.6 Å². The van der Waals surface area contributed by atoms with E-state index in [1.807, 2.05) is 6.07 Å². The number of benzene rings is 1. The Morgan fingerprint density at radius 2 is 2.00 bits per heavy atom. The highest BCUT2D eigenvalue weighted by Gasteiger charge is 2.20. The van der Waals surface area contributed by atoms with Gasteiger partial charge in [-0.2, -0.15) is 5.10 Å². The Labute approximate surface area is 166 Å². The summed E-state index contributed by atoms with van der Waals surface area (Å²) in [5, 5.41) is 10.9. The van der Waals surface area contributed by atoms with Gasteiger partial charge >= 0.3 is 0 Å². The molecule has 0 spiro atoms. The number of rotatable bonds is 7. The zero-order valence-corrected chi connectivity index (χ0v) is 15.9. The second kappa shape index (κ2) is 9.07. The summed E-state index contributed by atoms with van der Waals surface area (Å²) in [7, 11) is 1.53. The second-order valence-corrected chi connectivity index (χ2v) is 5.77. The molecule has 1 aromatic carbocycles. The molecule has 0 unspecified atom stereocenters. The third-order valence-electron chi connectivity index (χ3n) is 3.61. The number of para-hydroxylation sites is 1. The van der Waals surface area contributed by atoms with E-state index >= 15 is 0 Å². The second-order valence-electron chi connectivity index (χ2n) is 5.36. The van der Waals surface area contributed by atoms with Crippen LogP contribution in [0.4, 0.5) is 11.4 Å². The Morgan fingerprint density at radius 1 is 1.21 bits per heavy atom. The van der Waals surface area contributed by atoms with Crippen LogP contribution in [0.3, 0.4) is 0 Å². The first-order valence-electron chi connectivity index (χ1n) is 8.30. The molecule has 0 bridgehead atoms. The highest BCUT2D eigenvalue weighted by molar-refractivity contribution is 6.34. The van der Waals surface area contributed by atoms with E-state index in [1.54, 1.807) is 37.5 Å². The zero-order chi connectivity index (χ0) is 19.9. The molecule has 28 heavy (non-hydrogen) atoms. The van der Waals surface area contributed by atoms with Crippen LogP contribution in [0.1, 0.15) is 17.4 Å². The minimum Gasteiger partial charge on any atom is -0.494 e. The van der Waals surface area contributed by atoms with Crippen molar-refractivity contribution in [2.45, 2.75) is 6.92 Å². The van der Waals surface area contributed by atoms with Crippen LogP contribution in [0.15, 0.2) is 42.9 Å². The van der Waals surface area contributed by atoms with E-state index in [1.165, 1.54) is 13.3 Å². The normalized spacial score (nSPS) is 10.4. The molecule has 3 aromatic rings. The average molecular weight is 401 g/mol. The van der Waals surface area contributed by atoms with Crippen molar-refractivity contribution < 1.29 is 14.4 Å². The van der Waals surface area contributed by atoms with E-state index in [-0.39, 0.29) is 16.4 Å². The Balaban J connectivity index is 2.02. The number of halogens is 1. The van der Waals surface area contributed by atoms with E-state index < -0.39 is 5.91 Å². The summed E-state index contributed by atoms with van der Waals surface area (Å²) in [5.41, 5.74) is 3.74. The summed E-state index contributed by atoms with van der Waals surface area (Å²) >= 11 is 6.26. The number of hydrogen-bond acceptors (Lipinski definition) is 8. The number of amides is 1. The van der Waals surface area contributed by atoms with E-state index in [0.29, 0.717) is 29.4 Å². The monoisotopic (exact) mass is 400 g/mol. The molecule has 0 aliphatic rings. The van der Waals surface area contributed by atoms with Crippen molar-refractivity contribution in [3.63, 3.8) is 0 Å². The lowest BCUT2D eigenvalue weighted by Gasteiger charge is -2.16. The highest BCUT2D eigenvalue weighted by Crippen LogP contribution is 2.38. The summed E-state index contributed by atoms with van der Waals surface area (Å²) < 4.78 is 5.56. The molecule has 0 fully saturated rings. The summed E-state index contributed by atoms with van der Waals surface area (Å²) in [4.78, 5) is 25.8. The fourth-order valence-electron chi connectivity index (χ4n) is 2.43. The first-order chi connectivity index (χ1) is 13.7. The van der Waals surface area contributed by atoms with E-state index in [0.717, 1.165) is 0 Å². The molecule has 9 nitrogen and oxygen atoms in total. The van der Waals surface area contributed by atoms with Gasteiger partial charge in [-0.3, -0.25) is 9.63 Å². The summed E-state index contributed by atoms with van der Waals surface area (Å²) in [6.07, 6.45) is 4.61. The highest BCUT2D eigenvalue weighted by atomic mass is 35.5. The van der Waals surface area contributed by atoms with Crippen molar-refractivity contribution in [1.82, 2.24) is 25.6 Å². The van der Waals surface area contributed by atoms with Crippen LogP contribution in [0, 0.1) is 0 Å². The quantitative estimate of drug-likeness (QED) is 0.582. The molecular formula is C18H17ClN6O3. The molecule has 0 aliphatic carbocycles. The Morgan fingerprint density at radius 3 is 2.71 bits per heavy atom. The molecule has 0 saturated heterocycles. The van der Waals surface area contributed by atoms with Gasteiger partial charge < -0.3 is 10.1 Å². The van der Waals surface area contributed by atoms with Crippen LogP contribution in [-0.2, 0) is 4.84 Å². The van der Waals surface area contributed by atoms with Crippen LogP contribution in [0.25, 0.3) is 11.4 Å². The fourth-order valence-corrected chi connectivity index (χ4v) is 2.61. The van der Waals surface area contributed by atoms with Gasteiger partial charge in [0, 0.05) is 12.4 Å². The third kappa shape index (κ3) is 4.16. The maximum absolute atomic E-state index is 12.3. The van der Waals surface area contributed by atoms with Gasteiger partial charge in [-0.15, -0.1) is 5.10 Å². The Bertz CT molecular complexity index is 971. The number of anilines is 2. The number of hydroxylamine groups is 1. The summed E-state index contributed by atoms with van der Waals surface area (Å²) in [5.74, 6) is 0.398. The van der Waals surface area contributed by atoms with Crippen molar-refractivity contribution in [3.8, 4) is 17.1 Å². The number of nitrogens with one attached hydrogen (secondary N) is 2.